The number of hydrogen-bond acceptors (Lipinski definition) is 3. The highest BCUT2D eigenvalue weighted by Crippen LogP contribution is 2.24. The van der Waals surface area contributed by atoms with Gasteiger partial charge in [-0.15, -0.1) is 0 Å². The minimum absolute atomic E-state index is 0.144. The zero-order valence-electron chi connectivity index (χ0n) is 9.27. The average molecular weight is 214 g/mol. The Morgan fingerprint density at radius 3 is 2.69 bits per heavy atom. The van der Waals surface area contributed by atoms with Gasteiger partial charge >= 0.3 is 0 Å². The molecule has 0 aromatic carbocycles. The largest absolute Gasteiger partial charge is 0.506 e. The summed E-state index contributed by atoms with van der Waals surface area (Å²) < 4.78 is 0. The lowest BCUT2D eigenvalue weighted by atomic mass is 10.0. The standard InChI is InChI=1S/C13H14N2O/c1-5-11(13(14-4)10(3)16)12-9(2)7-6-8-15-12/h5-8,16H,1,3-4H2,2H3/b13-11+. The summed E-state index contributed by atoms with van der Waals surface area (Å²) in [5, 5.41) is 9.40. The van der Waals surface area contributed by atoms with Gasteiger partial charge in [-0.25, -0.2) is 0 Å². The van der Waals surface area contributed by atoms with Crippen LogP contribution in [-0.4, -0.2) is 16.8 Å². The Morgan fingerprint density at radius 1 is 1.56 bits per heavy atom. The van der Waals surface area contributed by atoms with Crippen LogP contribution in [0.1, 0.15) is 11.3 Å². The van der Waals surface area contributed by atoms with E-state index in [1.807, 2.05) is 19.1 Å². The number of aryl methyl sites for hydroxylation is 1. The number of nitrogens with zero attached hydrogens (tertiary/aromatic N) is 2. The van der Waals surface area contributed by atoms with E-state index in [1.54, 1.807) is 12.3 Å². The Hall–Kier alpha value is -2.16. The average Bonchev–Trinajstić information content (AvgIpc) is 2.26. The van der Waals surface area contributed by atoms with E-state index in [4.69, 9.17) is 0 Å². The SMILES string of the molecule is C=C/C(=C(\N=C)C(=C)O)c1ncccc1C. The highest BCUT2D eigenvalue weighted by atomic mass is 16.3. The molecule has 0 aliphatic rings. The lowest BCUT2D eigenvalue weighted by Gasteiger charge is -2.08. The van der Waals surface area contributed by atoms with Crippen LogP contribution in [0, 0.1) is 6.92 Å². The predicted molar refractivity (Wildman–Crippen MR) is 67.4 cm³/mol. The monoisotopic (exact) mass is 214 g/mol. The molecular weight excluding hydrogens is 200 g/mol. The first kappa shape index (κ1) is 11.9. The van der Waals surface area contributed by atoms with Crippen LogP contribution in [0.2, 0.25) is 0 Å². The second-order valence-electron chi connectivity index (χ2n) is 3.24. The Morgan fingerprint density at radius 2 is 2.25 bits per heavy atom. The molecule has 1 aromatic rings. The highest BCUT2D eigenvalue weighted by molar-refractivity contribution is 5.78. The second-order valence-corrected chi connectivity index (χ2v) is 3.24. The van der Waals surface area contributed by atoms with E-state index < -0.39 is 0 Å². The Labute approximate surface area is 95.2 Å². The molecule has 0 unspecified atom stereocenters. The zero-order valence-corrected chi connectivity index (χ0v) is 9.27. The molecule has 0 amide bonds. The maximum absolute atomic E-state index is 9.40. The van der Waals surface area contributed by atoms with Crippen molar-refractivity contribution in [2.45, 2.75) is 6.92 Å². The van der Waals surface area contributed by atoms with Crippen LogP contribution in [0.25, 0.3) is 5.57 Å². The summed E-state index contributed by atoms with van der Waals surface area (Å²) in [5.41, 5.74) is 2.62. The smallest absolute Gasteiger partial charge is 0.134 e. The van der Waals surface area contributed by atoms with Crippen LogP contribution < -0.4 is 0 Å². The number of rotatable bonds is 4. The first-order valence-electron chi connectivity index (χ1n) is 4.75. The maximum atomic E-state index is 9.40. The van der Waals surface area contributed by atoms with Crippen LogP contribution in [0.4, 0.5) is 0 Å². The van der Waals surface area contributed by atoms with Gasteiger partial charge in [-0.1, -0.05) is 25.3 Å². The van der Waals surface area contributed by atoms with Gasteiger partial charge < -0.3 is 5.11 Å². The van der Waals surface area contributed by atoms with Crippen LogP contribution in [0.5, 0.6) is 0 Å². The fraction of sp³-hybridized carbons (Fsp3) is 0.0769. The van der Waals surface area contributed by atoms with Crippen molar-refractivity contribution >= 4 is 12.3 Å². The maximum Gasteiger partial charge on any atom is 0.134 e. The van der Waals surface area contributed by atoms with Crippen molar-refractivity contribution in [3.05, 3.63) is 60.3 Å². The van der Waals surface area contributed by atoms with E-state index in [1.165, 1.54) is 0 Å². The van der Waals surface area contributed by atoms with Gasteiger partial charge in [-0.3, -0.25) is 9.98 Å². The summed E-state index contributed by atoms with van der Waals surface area (Å²) in [4.78, 5) is 7.98. The van der Waals surface area contributed by atoms with E-state index in [9.17, 15) is 5.11 Å². The van der Waals surface area contributed by atoms with Crippen LogP contribution in [0.15, 0.2) is 54.0 Å². The molecule has 1 N–H and O–H groups in total. The quantitative estimate of drug-likeness (QED) is 0.475. The van der Waals surface area contributed by atoms with Gasteiger partial charge in [0.05, 0.1) is 5.69 Å². The van der Waals surface area contributed by atoms with Crippen LogP contribution >= 0.6 is 0 Å². The molecule has 0 radical (unpaired) electrons. The first-order valence-corrected chi connectivity index (χ1v) is 4.75. The van der Waals surface area contributed by atoms with E-state index in [0.717, 1.165) is 11.3 Å². The number of aliphatic imine (C=N–C) groups is 1. The molecule has 0 atom stereocenters. The normalized spacial score (nSPS) is 11.6. The number of allylic oxidation sites excluding steroid dienone is 2. The molecular formula is C13H14N2O. The van der Waals surface area contributed by atoms with Crippen molar-refractivity contribution in [3.63, 3.8) is 0 Å². The van der Waals surface area contributed by atoms with Gasteiger partial charge in [0.25, 0.3) is 0 Å². The summed E-state index contributed by atoms with van der Waals surface area (Å²) in [6.07, 6.45) is 3.26. The predicted octanol–water partition coefficient (Wildman–Crippen LogP) is 3.06. The van der Waals surface area contributed by atoms with E-state index in [-0.39, 0.29) is 5.76 Å². The van der Waals surface area contributed by atoms with E-state index >= 15 is 0 Å². The summed E-state index contributed by atoms with van der Waals surface area (Å²) in [6, 6.07) is 3.76. The molecule has 0 aliphatic carbocycles. The Balaban J connectivity index is 3.48. The van der Waals surface area contributed by atoms with Gasteiger partial charge in [-0.2, -0.15) is 0 Å². The third-order valence-corrected chi connectivity index (χ3v) is 2.16. The number of aliphatic hydroxyl groups excluding tert-OH is 1. The van der Waals surface area contributed by atoms with Gasteiger partial charge in [0.15, 0.2) is 0 Å². The number of pyridine rings is 1. The fourth-order valence-corrected chi connectivity index (χ4v) is 1.41. The number of aliphatic hydroxyl groups is 1. The molecule has 1 heterocycles. The minimum Gasteiger partial charge on any atom is -0.506 e. The first-order chi connectivity index (χ1) is 7.61. The number of hydrogen-bond donors (Lipinski definition) is 1. The number of aromatic nitrogens is 1. The molecule has 0 saturated carbocycles. The van der Waals surface area contributed by atoms with Crippen molar-refractivity contribution in [1.82, 2.24) is 4.98 Å². The lowest BCUT2D eigenvalue weighted by Crippen LogP contribution is -1.96. The molecule has 1 aromatic heterocycles. The van der Waals surface area contributed by atoms with Crippen molar-refractivity contribution in [1.29, 1.82) is 0 Å². The topological polar surface area (TPSA) is 45.5 Å². The Bertz CT molecular complexity index is 473. The summed E-state index contributed by atoms with van der Waals surface area (Å²) >= 11 is 0. The molecule has 3 heteroatoms. The summed E-state index contributed by atoms with van der Waals surface area (Å²) in [5.74, 6) is -0.144. The molecule has 0 fully saturated rings. The molecule has 3 nitrogen and oxygen atoms in total. The van der Waals surface area contributed by atoms with Crippen molar-refractivity contribution in [2.24, 2.45) is 4.99 Å². The Kier molecular flexibility index (Phi) is 3.78. The molecule has 0 saturated heterocycles. The zero-order chi connectivity index (χ0) is 12.1. The van der Waals surface area contributed by atoms with Gasteiger partial charge in [0.1, 0.15) is 11.5 Å². The van der Waals surface area contributed by atoms with E-state index in [2.05, 4.69) is 29.9 Å². The molecule has 0 spiro atoms. The third kappa shape index (κ3) is 2.25. The van der Waals surface area contributed by atoms with E-state index in [0.29, 0.717) is 11.3 Å². The fourth-order valence-electron chi connectivity index (χ4n) is 1.41. The van der Waals surface area contributed by atoms with Crippen LogP contribution in [-0.2, 0) is 0 Å². The molecule has 82 valence electrons. The second kappa shape index (κ2) is 5.07. The van der Waals surface area contributed by atoms with Crippen LogP contribution in [0.3, 0.4) is 0 Å². The lowest BCUT2D eigenvalue weighted by molar-refractivity contribution is 0.426. The molecule has 1 rings (SSSR count). The summed E-state index contributed by atoms with van der Waals surface area (Å²) in [6.45, 7) is 12.5. The van der Waals surface area contributed by atoms with Crippen molar-refractivity contribution in [2.75, 3.05) is 0 Å². The molecule has 16 heavy (non-hydrogen) atoms. The van der Waals surface area contributed by atoms with Gasteiger partial charge in [0.2, 0.25) is 0 Å². The highest BCUT2D eigenvalue weighted by Gasteiger charge is 2.10. The third-order valence-electron chi connectivity index (χ3n) is 2.16. The summed E-state index contributed by atoms with van der Waals surface area (Å²) in [7, 11) is 0. The van der Waals surface area contributed by atoms with Crippen molar-refractivity contribution < 1.29 is 5.11 Å². The molecule has 0 bridgehead atoms. The van der Waals surface area contributed by atoms with Gasteiger partial charge in [-0.05, 0) is 25.3 Å². The van der Waals surface area contributed by atoms with Crippen molar-refractivity contribution in [3.8, 4) is 0 Å². The molecule has 0 aliphatic heterocycles. The minimum atomic E-state index is -0.144. The van der Waals surface area contributed by atoms with Gasteiger partial charge in [0, 0.05) is 11.8 Å².